The lowest BCUT2D eigenvalue weighted by molar-refractivity contribution is -0.264. The van der Waals surface area contributed by atoms with E-state index in [2.05, 4.69) is 0 Å². The summed E-state index contributed by atoms with van der Waals surface area (Å²) in [5.41, 5.74) is -4.97. The molecule has 10 bridgehead atoms. The van der Waals surface area contributed by atoms with Crippen molar-refractivity contribution in [2.45, 2.75) is 316 Å². The van der Waals surface area contributed by atoms with Gasteiger partial charge in [0.1, 0.15) is 29.5 Å². The smallest absolute Gasteiger partial charge is 0.314 e. The van der Waals surface area contributed by atoms with Crippen molar-refractivity contribution in [3.05, 3.63) is 0 Å². The number of rotatable bonds is 15. The van der Waals surface area contributed by atoms with Gasteiger partial charge in [-0.05, 0) is 195 Å². The summed E-state index contributed by atoms with van der Waals surface area (Å²) in [4.78, 5) is 82.2. The van der Waals surface area contributed by atoms with Crippen molar-refractivity contribution in [2.24, 2.45) is 63.1 Å². The minimum absolute atomic E-state index is 0.0214. The molecule has 0 amide bonds. The molecule has 13 fully saturated rings. The third-order valence-corrected chi connectivity index (χ3v) is 21.9. The second-order valence-corrected chi connectivity index (χ2v) is 30.9. The molecule has 0 aromatic rings. The Morgan fingerprint density at radius 1 is 0.548 bits per heavy atom. The Morgan fingerprint density at radius 2 is 1.02 bits per heavy atom. The molecular formula is C67H108O17. The van der Waals surface area contributed by atoms with E-state index in [1.165, 1.54) is 25.7 Å². The maximum Gasteiger partial charge on any atom is 0.314 e. The maximum absolute atomic E-state index is 12.4. The van der Waals surface area contributed by atoms with Crippen LogP contribution in [0.15, 0.2) is 0 Å². The summed E-state index contributed by atoms with van der Waals surface area (Å²) < 4.78 is 38.1. The van der Waals surface area contributed by atoms with Crippen molar-refractivity contribution >= 4 is 41.8 Å². The summed E-state index contributed by atoms with van der Waals surface area (Å²) in [6.45, 7) is 27.0. The van der Waals surface area contributed by atoms with E-state index in [9.17, 15) is 48.9 Å². The van der Waals surface area contributed by atoms with Crippen molar-refractivity contribution in [1.29, 1.82) is 0 Å². The van der Waals surface area contributed by atoms with Gasteiger partial charge in [-0.15, -0.1) is 0 Å². The molecule has 11 atom stereocenters. The zero-order valence-corrected chi connectivity index (χ0v) is 53.8. The lowest BCUT2D eigenvalue weighted by Crippen LogP contribution is -2.67. The van der Waals surface area contributed by atoms with Crippen molar-refractivity contribution < 1.29 is 82.0 Å². The summed E-state index contributed by atoms with van der Waals surface area (Å²) in [5.74, 6) is 0.932. The van der Waals surface area contributed by atoms with Gasteiger partial charge in [-0.2, -0.15) is 0 Å². The maximum atomic E-state index is 12.4. The summed E-state index contributed by atoms with van der Waals surface area (Å²) in [7, 11) is 0. The quantitative estimate of drug-likeness (QED) is 0.102. The first-order chi connectivity index (χ1) is 39.0. The average molecular weight is 1190 g/mol. The standard InChI is InChI=1S/C16H26O4.C16H26O3.C13H18O4.C12H22O2.C10H16O4/c1-4-13(2,3)12(17)20-16-7-11-5-14(18,9-16)8-15(19,6-11)10-16;1-4-14(2,3)13(17)19-16-8-11-5-12(9-16)7-15(18,6-11)10-16;1-3-6(2)12(14)16-10-7-4-8-9(5-7)13(15)17-11(8)10;1-4-12(2,3)11(13)14-10-8-6-5-7-9-10;1-4-10(2,3)9(12)14-8-6-5-7(11)13-8/h11,18-19H,4-10H2,1-3H3;11-12,18H,4-10H2,1-3H3;6-11H,3-5H2,1-2H3;10H,4-9H2,1-3H3;8H,4-6H2,1-3H3. The Hall–Kier alpha value is -3.83. The van der Waals surface area contributed by atoms with Crippen LogP contribution in [0.3, 0.4) is 0 Å². The molecular weight excluding hydrogens is 1080 g/mol. The Kier molecular flexibility index (Phi) is 20.7. The number of cyclic esters (lactones) is 1. The molecule has 13 aliphatic rings. The number of carbonyl (C=O) groups excluding carboxylic acids is 7. The molecule has 0 aromatic carbocycles. The fourth-order valence-corrected chi connectivity index (χ4v) is 15.7. The first-order valence-corrected chi connectivity index (χ1v) is 32.7. The number of ether oxygens (including phenoxy) is 7. The highest BCUT2D eigenvalue weighted by atomic mass is 16.7. The van der Waals surface area contributed by atoms with Gasteiger partial charge in [0.15, 0.2) is 0 Å². The van der Waals surface area contributed by atoms with Crippen molar-refractivity contribution in [3.8, 4) is 0 Å². The summed E-state index contributed by atoms with van der Waals surface area (Å²) in [5, 5.41) is 32.0. The highest BCUT2D eigenvalue weighted by Crippen LogP contribution is 2.62. The molecule has 2 heterocycles. The van der Waals surface area contributed by atoms with E-state index in [0.717, 1.165) is 96.3 Å². The van der Waals surface area contributed by atoms with E-state index in [1.807, 2.05) is 96.9 Å². The Morgan fingerprint density at radius 3 is 1.50 bits per heavy atom. The van der Waals surface area contributed by atoms with Crippen LogP contribution < -0.4 is 0 Å². The fraction of sp³-hybridized carbons (Fsp3) is 0.896. The van der Waals surface area contributed by atoms with Crippen LogP contribution >= 0.6 is 0 Å². The highest BCUT2D eigenvalue weighted by Gasteiger charge is 2.66. The van der Waals surface area contributed by atoms with Crippen LogP contribution in [-0.2, 0) is 66.7 Å². The van der Waals surface area contributed by atoms with Gasteiger partial charge in [0, 0.05) is 43.9 Å². The van der Waals surface area contributed by atoms with E-state index in [-0.39, 0.29) is 88.9 Å². The monoisotopic (exact) mass is 1180 g/mol. The van der Waals surface area contributed by atoms with E-state index < -0.39 is 44.9 Å². The molecule has 0 spiro atoms. The zero-order valence-electron chi connectivity index (χ0n) is 53.8. The molecule has 11 aliphatic carbocycles. The summed E-state index contributed by atoms with van der Waals surface area (Å²) in [6.07, 6.45) is 20.9. The SMILES string of the molecule is CCC(C)(C)C(=O)OC12CC3CC(CC(O)(C3)C1)C2.CCC(C)(C)C(=O)OC12CC3CC(O)(CC(O)(C3)C1)C2.CCC(C)(C)C(=O)OC1CCC(=O)O1.CCC(C)(C)C(=O)OC1CCCCC1.CCC(C)C(=O)OC1C2CC3C(=O)OC1C3C2. The van der Waals surface area contributed by atoms with Crippen molar-refractivity contribution in [2.75, 3.05) is 0 Å². The lowest BCUT2D eigenvalue weighted by atomic mass is 9.50. The van der Waals surface area contributed by atoms with Crippen LogP contribution in [-0.4, -0.2) is 110 Å². The molecule has 3 N–H and O–H groups in total. The van der Waals surface area contributed by atoms with Crippen LogP contribution in [0.4, 0.5) is 0 Å². The molecule has 17 nitrogen and oxygen atoms in total. The third-order valence-electron chi connectivity index (χ3n) is 21.9. The van der Waals surface area contributed by atoms with E-state index in [4.69, 9.17) is 33.2 Å². The number of fused-ring (bicyclic) bond motifs is 1. The Labute approximate surface area is 501 Å². The summed E-state index contributed by atoms with van der Waals surface area (Å²) in [6, 6.07) is 0. The van der Waals surface area contributed by atoms with Gasteiger partial charge in [0.25, 0.3) is 0 Å². The molecule has 2 aliphatic heterocycles. The van der Waals surface area contributed by atoms with Crippen LogP contribution in [0.1, 0.15) is 264 Å². The molecule has 11 unspecified atom stereocenters. The minimum Gasteiger partial charge on any atom is -0.462 e. The number of hydrogen-bond donors (Lipinski definition) is 3. The zero-order chi connectivity index (χ0) is 62.2. The average Bonchev–Trinajstić information content (AvgIpc) is 1.15. The van der Waals surface area contributed by atoms with E-state index >= 15 is 0 Å². The topological polar surface area (TPSA) is 245 Å². The molecule has 84 heavy (non-hydrogen) atoms. The fourth-order valence-electron chi connectivity index (χ4n) is 15.7. The first-order valence-electron chi connectivity index (χ1n) is 32.7. The molecule has 478 valence electrons. The largest absolute Gasteiger partial charge is 0.462 e. The van der Waals surface area contributed by atoms with Crippen LogP contribution in [0, 0.1) is 63.1 Å². The molecule has 0 aromatic heterocycles. The number of esters is 7. The second kappa shape index (κ2) is 25.7. The second-order valence-electron chi connectivity index (χ2n) is 30.9. The van der Waals surface area contributed by atoms with Gasteiger partial charge >= 0.3 is 41.8 Å². The highest BCUT2D eigenvalue weighted by molar-refractivity contribution is 5.79. The van der Waals surface area contributed by atoms with Crippen molar-refractivity contribution in [1.82, 2.24) is 0 Å². The molecule has 0 radical (unpaired) electrons. The molecule has 17 heteroatoms. The molecule has 11 saturated carbocycles. The van der Waals surface area contributed by atoms with Gasteiger partial charge in [-0.25, -0.2) is 0 Å². The van der Waals surface area contributed by atoms with Gasteiger partial charge < -0.3 is 48.5 Å². The van der Waals surface area contributed by atoms with Gasteiger partial charge in [-0.1, -0.05) is 48.0 Å². The number of hydrogen-bond acceptors (Lipinski definition) is 17. The molecule has 13 rings (SSSR count). The van der Waals surface area contributed by atoms with Crippen LogP contribution in [0.5, 0.6) is 0 Å². The predicted molar refractivity (Wildman–Crippen MR) is 312 cm³/mol. The number of carbonyl (C=O) groups is 7. The van der Waals surface area contributed by atoms with Gasteiger partial charge in [-0.3, -0.25) is 33.6 Å². The lowest BCUT2D eigenvalue weighted by Gasteiger charge is -2.62. The van der Waals surface area contributed by atoms with Crippen LogP contribution in [0.2, 0.25) is 0 Å². The van der Waals surface area contributed by atoms with Crippen molar-refractivity contribution in [3.63, 3.8) is 0 Å². The van der Waals surface area contributed by atoms with Crippen LogP contribution in [0.25, 0.3) is 0 Å². The summed E-state index contributed by atoms with van der Waals surface area (Å²) >= 11 is 0. The normalized spacial score (nSPS) is 36.8. The van der Waals surface area contributed by atoms with E-state index in [1.54, 1.807) is 0 Å². The van der Waals surface area contributed by atoms with Gasteiger partial charge in [0.2, 0.25) is 6.29 Å². The first kappa shape index (κ1) is 67.7. The third kappa shape index (κ3) is 15.7. The Bertz CT molecular complexity index is 2350. The van der Waals surface area contributed by atoms with Gasteiger partial charge in [0.05, 0.1) is 56.7 Å². The number of aliphatic hydroxyl groups is 3. The minimum atomic E-state index is -0.842. The van der Waals surface area contributed by atoms with E-state index in [0.29, 0.717) is 68.6 Å². The molecule has 2 saturated heterocycles. The predicted octanol–water partition coefficient (Wildman–Crippen LogP) is 11.7. The Balaban J connectivity index is 0.000000152.